The molecule has 0 aliphatic rings. The van der Waals surface area contributed by atoms with E-state index in [9.17, 15) is 4.89 Å². The number of hydrogen-bond acceptors (Lipinski definition) is 4. The molecule has 0 saturated heterocycles. The summed E-state index contributed by atoms with van der Waals surface area (Å²) in [5.41, 5.74) is -2.55. The SMILES string of the molecule is C=CCOP(O)(=S)SCCC.CNC. The minimum Gasteiger partial charge on any atom is -0.337 e. The molecule has 3 nitrogen and oxygen atoms in total. The van der Waals surface area contributed by atoms with Gasteiger partial charge in [0.25, 0.3) is 0 Å². The fraction of sp³-hybridized carbons (Fsp3) is 0.750. The third-order valence-corrected chi connectivity index (χ3v) is 5.31. The molecule has 0 aromatic heterocycles. The zero-order valence-electron chi connectivity index (χ0n) is 9.02. The first-order valence-electron chi connectivity index (χ1n) is 4.35. The Kier molecular flexibility index (Phi) is 14.2. The highest BCUT2D eigenvalue weighted by Crippen LogP contribution is 2.55. The monoisotopic (exact) mass is 257 g/mol. The highest BCUT2D eigenvalue weighted by Gasteiger charge is 2.11. The van der Waals surface area contributed by atoms with Gasteiger partial charge in [0.2, 0.25) is 5.69 Å². The van der Waals surface area contributed by atoms with E-state index in [1.807, 2.05) is 21.0 Å². The van der Waals surface area contributed by atoms with Crippen LogP contribution in [0, 0.1) is 0 Å². The minimum atomic E-state index is -2.55. The summed E-state index contributed by atoms with van der Waals surface area (Å²) in [6, 6.07) is 0. The zero-order valence-corrected chi connectivity index (χ0v) is 11.6. The van der Waals surface area contributed by atoms with Crippen LogP contribution in [0.5, 0.6) is 0 Å². The third-order valence-electron chi connectivity index (χ3n) is 0.814. The maximum atomic E-state index is 9.40. The number of hydrogen-bond donors (Lipinski definition) is 2. The van der Waals surface area contributed by atoms with Gasteiger partial charge in [0.15, 0.2) is 0 Å². The second-order valence-corrected chi connectivity index (χ2v) is 8.69. The molecule has 0 rings (SSSR count). The van der Waals surface area contributed by atoms with Crippen LogP contribution in [0.2, 0.25) is 0 Å². The van der Waals surface area contributed by atoms with Gasteiger partial charge in [-0.05, 0) is 32.3 Å². The normalized spacial score (nSPS) is 13.7. The molecule has 0 fully saturated rings. The molecule has 0 aromatic rings. The molecule has 6 heteroatoms. The smallest absolute Gasteiger partial charge is 0.245 e. The molecule has 0 bridgehead atoms. The van der Waals surface area contributed by atoms with Crippen molar-refractivity contribution in [2.75, 3.05) is 26.5 Å². The topological polar surface area (TPSA) is 41.5 Å². The lowest BCUT2D eigenvalue weighted by Gasteiger charge is -2.12. The van der Waals surface area contributed by atoms with Gasteiger partial charge in [-0.15, -0.1) is 6.58 Å². The standard InChI is InChI=1S/C6H13O2PS2.C2H7N/c1-3-5-8-9(7,10)11-6-4-2;1-3-2/h3H,1,4-6H2,2H3,(H,7,10);3H,1-2H3. The van der Waals surface area contributed by atoms with Gasteiger partial charge in [-0.25, -0.2) is 0 Å². The fourth-order valence-corrected chi connectivity index (χ4v) is 3.67. The van der Waals surface area contributed by atoms with E-state index in [2.05, 4.69) is 11.9 Å². The van der Waals surface area contributed by atoms with Gasteiger partial charge >= 0.3 is 0 Å². The van der Waals surface area contributed by atoms with Crippen molar-refractivity contribution in [1.82, 2.24) is 5.32 Å². The first-order valence-corrected chi connectivity index (χ1v) is 8.61. The Balaban J connectivity index is 0. The molecule has 0 radical (unpaired) electrons. The Morgan fingerprint density at radius 1 is 1.64 bits per heavy atom. The van der Waals surface area contributed by atoms with Crippen LogP contribution in [0.4, 0.5) is 0 Å². The molecule has 0 spiro atoms. The Morgan fingerprint density at radius 2 is 2.14 bits per heavy atom. The lowest BCUT2D eigenvalue weighted by Crippen LogP contribution is -1.89. The molecule has 0 aliphatic carbocycles. The highest BCUT2D eigenvalue weighted by molar-refractivity contribution is 8.67. The van der Waals surface area contributed by atoms with Gasteiger partial charge in [-0.1, -0.05) is 24.4 Å². The van der Waals surface area contributed by atoms with Gasteiger partial charge in [-0.2, -0.15) is 0 Å². The quantitative estimate of drug-likeness (QED) is 0.565. The lowest BCUT2D eigenvalue weighted by atomic mass is 10.6. The van der Waals surface area contributed by atoms with E-state index in [4.69, 9.17) is 16.3 Å². The van der Waals surface area contributed by atoms with E-state index in [1.165, 1.54) is 11.4 Å². The van der Waals surface area contributed by atoms with Crippen LogP contribution in [0.15, 0.2) is 12.7 Å². The summed E-state index contributed by atoms with van der Waals surface area (Å²) in [6.07, 6.45) is 2.59. The largest absolute Gasteiger partial charge is 0.337 e. The average Bonchev–Trinajstić information content (AvgIpc) is 2.13. The predicted octanol–water partition coefficient (Wildman–Crippen LogP) is 2.38. The Labute approximate surface area is 96.2 Å². The first-order chi connectivity index (χ1) is 6.54. The zero-order chi connectivity index (χ0) is 11.4. The van der Waals surface area contributed by atoms with Crippen molar-refractivity contribution in [2.24, 2.45) is 0 Å². The van der Waals surface area contributed by atoms with Crippen LogP contribution >= 0.6 is 17.1 Å². The molecule has 0 heterocycles. The van der Waals surface area contributed by atoms with E-state index in [0.717, 1.165) is 12.2 Å². The molecule has 0 aliphatic heterocycles. The second-order valence-electron chi connectivity index (χ2n) is 2.39. The highest BCUT2D eigenvalue weighted by atomic mass is 32.9. The molecule has 0 saturated carbocycles. The van der Waals surface area contributed by atoms with E-state index >= 15 is 0 Å². The van der Waals surface area contributed by atoms with E-state index < -0.39 is 5.69 Å². The van der Waals surface area contributed by atoms with E-state index in [0.29, 0.717) is 6.61 Å². The molecular formula is C8H20NO2PS2. The maximum absolute atomic E-state index is 9.40. The maximum Gasteiger partial charge on any atom is 0.245 e. The molecule has 86 valence electrons. The van der Waals surface area contributed by atoms with Crippen LogP contribution in [-0.4, -0.2) is 31.3 Å². The second kappa shape index (κ2) is 11.7. The number of rotatable bonds is 6. The van der Waals surface area contributed by atoms with Crippen LogP contribution < -0.4 is 5.32 Å². The van der Waals surface area contributed by atoms with Crippen molar-refractivity contribution in [2.45, 2.75) is 13.3 Å². The third kappa shape index (κ3) is 15.1. The van der Waals surface area contributed by atoms with Crippen molar-refractivity contribution in [3.63, 3.8) is 0 Å². The van der Waals surface area contributed by atoms with Gasteiger partial charge < -0.3 is 14.7 Å². The molecule has 14 heavy (non-hydrogen) atoms. The van der Waals surface area contributed by atoms with Crippen molar-refractivity contribution >= 4 is 28.9 Å². The molecule has 1 atom stereocenters. The molecule has 0 aromatic carbocycles. The van der Waals surface area contributed by atoms with Gasteiger partial charge in [0, 0.05) is 5.75 Å². The van der Waals surface area contributed by atoms with Crippen molar-refractivity contribution in [3.8, 4) is 0 Å². The summed E-state index contributed by atoms with van der Waals surface area (Å²) in [5.74, 6) is 0.852. The summed E-state index contributed by atoms with van der Waals surface area (Å²) in [4.78, 5) is 9.40. The fourth-order valence-electron chi connectivity index (χ4n) is 0.391. The van der Waals surface area contributed by atoms with Gasteiger partial charge in [-0.3, -0.25) is 0 Å². The van der Waals surface area contributed by atoms with E-state index in [1.54, 1.807) is 6.08 Å². The Bertz CT molecular complexity index is 179. The summed E-state index contributed by atoms with van der Waals surface area (Å²) >= 11 is 6.16. The van der Waals surface area contributed by atoms with Crippen molar-refractivity contribution in [1.29, 1.82) is 0 Å². The van der Waals surface area contributed by atoms with Crippen LogP contribution in [0.1, 0.15) is 13.3 Å². The summed E-state index contributed by atoms with van der Waals surface area (Å²) in [5, 5.41) is 2.75. The van der Waals surface area contributed by atoms with Crippen LogP contribution in [0.3, 0.4) is 0 Å². The average molecular weight is 257 g/mol. The number of nitrogens with one attached hydrogen (secondary N) is 1. The Hall–Kier alpha value is 0.620. The summed E-state index contributed by atoms with van der Waals surface area (Å²) in [6.45, 7) is 5.85. The summed E-state index contributed by atoms with van der Waals surface area (Å²) < 4.78 is 5.01. The minimum absolute atomic E-state index is 0.338. The molecular weight excluding hydrogens is 237 g/mol. The predicted molar refractivity (Wildman–Crippen MR) is 70.4 cm³/mol. The van der Waals surface area contributed by atoms with Gasteiger partial charge in [0.05, 0.1) is 6.61 Å². The summed E-state index contributed by atoms with van der Waals surface area (Å²) in [7, 11) is 3.75. The van der Waals surface area contributed by atoms with Crippen LogP contribution in [-0.2, 0) is 16.3 Å². The molecule has 0 amide bonds. The van der Waals surface area contributed by atoms with Crippen molar-refractivity contribution < 1.29 is 9.42 Å². The van der Waals surface area contributed by atoms with Crippen molar-refractivity contribution in [3.05, 3.63) is 12.7 Å². The van der Waals surface area contributed by atoms with E-state index in [-0.39, 0.29) is 0 Å². The first kappa shape index (κ1) is 17.0. The Morgan fingerprint density at radius 3 is 2.50 bits per heavy atom. The van der Waals surface area contributed by atoms with Gasteiger partial charge in [0.1, 0.15) is 0 Å². The van der Waals surface area contributed by atoms with Crippen LogP contribution in [0.25, 0.3) is 0 Å². The lowest BCUT2D eigenvalue weighted by molar-refractivity contribution is 0.361. The molecule has 2 N–H and O–H groups in total. The molecule has 1 unspecified atom stereocenters.